The number of nitrogens with one attached hydrogen (secondary N) is 1. The van der Waals surface area contributed by atoms with Crippen LogP contribution >= 0.6 is 10.2 Å². The molecule has 17 heteroatoms. The molecular formula is C26H30F5N7O4S. The molecule has 43 heavy (non-hydrogen) atoms. The van der Waals surface area contributed by atoms with Gasteiger partial charge in [0.1, 0.15) is 17.1 Å². The van der Waals surface area contributed by atoms with E-state index in [2.05, 4.69) is 15.4 Å². The predicted octanol–water partition coefficient (Wildman–Crippen LogP) is 4.28. The van der Waals surface area contributed by atoms with Crippen molar-refractivity contribution in [2.45, 2.75) is 38.6 Å². The average molecular weight is 632 g/mol. The molecule has 0 bridgehead atoms. The lowest BCUT2D eigenvalue weighted by atomic mass is 10.1. The summed E-state index contributed by atoms with van der Waals surface area (Å²) in [6.45, 7) is 6.14. The zero-order valence-corrected chi connectivity index (χ0v) is 24.4. The van der Waals surface area contributed by atoms with E-state index in [0.717, 1.165) is 16.2 Å². The highest BCUT2D eigenvalue weighted by atomic mass is 32.5. The molecule has 1 fully saturated rings. The van der Waals surface area contributed by atoms with E-state index < -0.39 is 33.1 Å². The van der Waals surface area contributed by atoms with Gasteiger partial charge in [-0.2, -0.15) is 9.50 Å². The van der Waals surface area contributed by atoms with Gasteiger partial charge in [0.2, 0.25) is 17.6 Å². The fraction of sp³-hybridized carbons (Fsp3) is 0.423. The number of fused-ring (bicyclic) bond motifs is 1. The Kier molecular flexibility index (Phi) is 7.11. The van der Waals surface area contributed by atoms with Crippen LogP contribution in [-0.2, 0) is 20.9 Å². The Morgan fingerprint density at radius 3 is 2.35 bits per heavy atom. The van der Waals surface area contributed by atoms with E-state index in [4.69, 9.17) is 4.74 Å². The maximum absolute atomic E-state index is 13.7. The molecule has 0 saturated carbocycles. The fourth-order valence-electron chi connectivity index (χ4n) is 5.16. The maximum Gasteiger partial charge on any atom is 0.310 e. The molecule has 3 aromatic rings. The Balaban J connectivity index is 1.52. The van der Waals surface area contributed by atoms with Crippen molar-refractivity contribution in [1.82, 2.24) is 24.1 Å². The number of ether oxygens (including phenoxy) is 1. The SMILES string of the molecule is CC(=O)N1CCN(c2c(C)n(CC(=O)Nc3ccc(S(F)(F)(F)(F)F)cc3C)c3nc(C4=CCOCC4)nn3c2=O)CC1. The van der Waals surface area contributed by atoms with Gasteiger partial charge in [-0.25, -0.2) is 0 Å². The van der Waals surface area contributed by atoms with Gasteiger partial charge in [0.15, 0.2) is 5.82 Å². The zero-order chi connectivity index (χ0) is 31.4. The second-order valence-corrected chi connectivity index (χ2v) is 12.9. The first-order chi connectivity index (χ1) is 19.9. The number of anilines is 2. The van der Waals surface area contributed by atoms with Crippen LogP contribution in [0.5, 0.6) is 0 Å². The fourth-order valence-corrected chi connectivity index (χ4v) is 5.89. The normalized spacial score (nSPS) is 17.8. The molecule has 5 rings (SSSR count). The summed E-state index contributed by atoms with van der Waals surface area (Å²) < 4.78 is 74.2. The van der Waals surface area contributed by atoms with Gasteiger partial charge < -0.3 is 24.4 Å². The standard InChI is InChI=1S/C26H30F5N7O4S/c1-16-14-20(43(27,28,29,30)31)4-5-21(16)32-22(40)15-37-17(2)23(36-10-8-35(9-11-36)18(3)39)25(41)38-26(37)33-24(34-38)19-6-12-42-13-7-19/h4-6,14H,7-13,15H2,1-3H3,(H,32,40). The highest BCUT2D eigenvalue weighted by molar-refractivity contribution is 8.45. The van der Waals surface area contributed by atoms with E-state index in [-0.39, 0.29) is 40.5 Å². The molecule has 0 spiro atoms. The number of rotatable bonds is 6. The van der Waals surface area contributed by atoms with Crippen LogP contribution in [0.25, 0.3) is 11.4 Å². The highest BCUT2D eigenvalue weighted by Crippen LogP contribution is 3.02. The first kappa shape index (κ1) is 30.5. The summed E-state index contributed by atoms with van der Waals surface area (Å²) in [6, 6.07) is 1.31. The Labute approximate surface area is 242 Å². The summed E-state index contributed by atoms with van der Waals surface area (Å²) >= 11 is 0. The van der Waals surface area contributed by atoms with Crippen molar-refractivity contribution >= 4 is 44.8 Å². The van der Waals surface area contributed by atoms with Gasteiger partial charge in [0, 0.05) is 44.5 Å². The van der Waals surface area contributed by atoms with Gasteiger partial charge >= 0.3 is 10.2 Å². The topological polar surface area (TPSA) is 114 Å². The number of hydrogen-bond acceptors (Lipinski definition) is 7. The number of carbonyl (C=O) groups is 2. The molecule has 234 valence electrons. The van der Waals surface area contributed by atoms with Crippen LogP contribution < -0.4 is 15.8 Å². The molecule has 2 aromatic heterocycles. The number of amides is 2. The van der Waals surface area contributed by atoms with E-state index in [1.807, 2.05) is 4.90 Å². The number of nitrogens with zero attached hydrogens (tertiary/aromatic N) is 6. The van der Waals surface area contributed by atoms with Crippen molar-refractivity contribution in [3.05, 3.63) is 51.7 Å². The van der Waals surface area contributed by atoms with Crippen LogP contribution in [0, 0.1) is 13.8 Å². The monoisotopic (exact) mass is 631 g/mol. The third-order valence-electron chi connectivity index (χ3n) is 7.48. The molecule has 0 aliphatic carbocycles. The summed E-state index contributed by atoms with van der Waals surface area (Å²) in [6.07, 6.45) is 2.31. The number of halogens is 5. The summed E-state index contributed by atoms with van der Waals surface area (Å²) in [5, 5.41) is 6.91. The van der Waals surface area contributed by atoms with Crippen LogP contribution in [0.2, 0.25) is 0 Å². The molecule has 0 unspecified atom stereocenters. The minimum atomic E-state index is -9.90. The van der Waals surface area contributed by atoms with Gasteiger partial charge in [-0.15, -0.1) is 5.10 Å². The van der Waals surface area contributed by atoms with E-state index in [9.17, 15) is 33.8 Å². The minimum Gasteiger partial charge on any atom is -0.377 e. The Morgan fingerprint density at radius 2 is 1.77 bits per heavy atom. The van der Waals surface area contributed by atoms with E-state index >= 15 is 0 Å². The number of hydrogen-bond donors (Lipinski definition) is 1. The molecule has 2 amide bonds. The van der Waals surface area contributed by atoms with Crippen LogP contribution in [0.4, 0.5) is 30.8 Å². The molecule has 0 atom stereocenters. The molecular weight excluding hydrogens is 601 g/mol. The Bertz CT molecular complexity index is 1730. The second kappa shape index (κ2) is 10.0. The molecule has 1 N–H and O–H groups in total. The van der Waals surface area contributed by atoms with Gasteiger partial charge in [0.05, 0.1) is 13.2 Å². The van der Waals surface area contributed by atoms with E-state index in [1.54, 1.807) is 17.9 Å². The molecule has 11 nitrogen and oxygen atoms in total. The van der Waals surface area contributed by atoms with Crippen molar-refractivity contribution in [2.75, 3.05) is 49.6 Å². The third-order valence-corrected chi connectivity index (χ3v) is 8.63. The summed E-state index contributed by atoms with van der Waals surface area (Å²) in [5.41, 5.74) is 0.657. The van der Waals surface area contributed by atoms with Crippen LogP contribution in [-0.4, -0.2) is 75.3 Å². The summed E-state index contributed by atoms with van der Waals surface area (Å²) in [5.74, 6) is -0.427. The first-order valence-corrected chi connectivity index (χ1v) is 15.3. The highest BCUT2D eigenvalue weighted by Gasteiger charge is 2.65. The lowest BCUT2D eigenvalue weighted by Gasteiger charge is -2.40. The molecule has 4 heterocycles. The molecule has 0 radical (unpaired) electrons. The van der Waals surface area contributed by atoms with Crippen molar-refractivity contribution in [3.63, 3.8) is 0 Å². The zero-order valence-electron chi connectivity index (χ0n) is 23.6. The largest absolute Gasteiger partial charge is 0.377 e. The number of benzene rings is 1. The van der Waals surface area contributed by atoms with Gasteiger partial charge in [-0.3, -0.25) is 14.4 Å². The van der Waals surface area contributed by atoms with Crippen LogP contribution in [0.15, 0.2) is 34.0 Å². The minimum absolute atomic E-state index is 0.0687. The van der Waals surface area contributed by atoms with Gasteiger partial charge in [0.25, 0.3) is 5.56 Å². The first-order valence-electron chi connectivity index (χ1n) is 13.4. The van der Waals surface area contributed by atoms with E-state index in [0.29, 0.717) is 57.6 Å². The van der Waals surface area contributed by atoms with E-state index in [1.165, 1.54) is 18.4 Å². The van der Waals surface area contributed by atoms with Gasteiger partial charge in [-0.05, 0) is 49.6 Å². The lowest BCUT2D eigenvalue weighted by molar-refractivity contribution is -0.129. The third kappa shape index (κ3) is 6.22. The lowest BCUT2D eigenvalue weighted by Crippen LogP contribution is -2.50. The smallest absolute Gasteiger partial charge is 0.310 e. The van der Waals surface area contributed by atoms with Gasteiger partial charge in [-0.1, -0.05) is 25.5 Å². The number of aromatic nitrogens is 4. The molecule has 2 aliphatic rings. The Hall–Kier alpha value is -3.99. The van der Waals surface area contributed by atoms with Crippen molar-refractivity contribution in [2.24, 2.45) is 0 Å². The maximum atomic E-state index is 13.7. The van der Waals surface area contributed by atoms with Crippen LogP contribution in [0.1, 0.15) is 30.4 Å². The molecule has 1 saturated heterocycles. The molecule has 1 aromatic carbocycles. The number of piperazine rings is 1. The second-order valence-electron chi connectivity index (χ2n) is 10.5. The average Bonchev–Trinajstić information content (AvgIpc) is 3.38. The molecule has 2 aliphatic heterocycles. The summed E-state index contributed by atoms with van der Waals surface area (Å²) in [7, 11) is -9.90. The number of carbonyl (C=O) groups excluding carboxylic acids is 2. The predicted molar refractivity (Wildman–Crippen MR) is 151 cm³/mol. The van der Waals surface area contributed by atoms with Crippen molar-refractivity contribution < 1.29 is 33.8 Å². The Morgan fingerprint density at radius 1 is 1.07 bits per heavy atom. The van der Waals surface area contributed by atoms with Crippen LogP contribution in [0.3, 0.4) is 0 Å². The van der Waals surface area contributed by atoms with Crippen molar-refractivity contribution in [1.29, 1.82) is 0 Å². The van der Waals surface area contributed by atoms with Crippen molar-refractivity contribution in [3.8, 4) is 0 Å². The quantitative estimate of drug-likeness (QED) is 0.404. The number of aryl methyl sites for hydroxylation is 1. The summed E-state index contributed by atoms with van der Waals surface area (Å²) in [4.78, 5) is 44.7.